The van der Waals surface area contributed by atoms with Crippen molar-refractivity contribution in [1.82, 2.24) is 15.5 Å². The van der Waals surface area contributed by atoms with Gasteiger partial charge in [0, 0.05) is 32.8 Å². The van der Waals surface area contributed by atoms with Crippen LogP contribution in [0.1, 0.15) is 59.3 Å². The van der Waals surface area contributed by atoms with E-state index in [1.807, 2.05) is 0 Å². The van der Waals surface area contributed by atoms with Gasteiger partial charge in [-0.05, 0) is 83.3 Å². The molecule has 154 valence electrons. The van der Waals surface area contributed by atoms with E-state index in [4.69, 9.17) is 9.73 Å². The van der Waals surface area contributed by atoms with Crippen LogP contribution >= 0.6 is 24.0 Å². The number of hydrogen-bond donors (Lipinski definition) is 2. The van der Waals surface area contributed by atoms with Gasteiger partial charge in [-0.15, -0.1) is 24.0 Å². The molecule has 0 spiro atoms. The molecule has 0 aromatic carbocycles. The molecule has 1 heterocycles. The number of ether oxygens (including phenoxy) is 1. The van der Waals surface area contributed by atoms with Gasteiger partial charge < -0.3 is 20.3 Å². The van der Waals surface area contributed by atoms with E-state index in [1.54, 1.807) is 0 Å². The first kappa shape index (κ1) is 24.0. The predicted octanol–water partition coefficient (Wildman–Crippen LogP) is 3.49. The molecule has 0 unspecified atom stereocenters. The summed E-state index contributed by atoms with van der Waals surface area (Å²) < 4.78 is 5.52. The fourth-order valence-electron chi connectivity index (χ4n) is 3.48. The van der Waals surface area contributed by atoms with Gasteiger partial charge >= 0.3 is 0 Å². The number of nitrogens with zero attached hydrogens (tertiary/aromatic N) is 2. The molecule has 2 N–H and O–H groups in total. The molecule has 0 atom stereocenters. The molecular formula is C20H41IN4O. The van der Waals surface area contributed by atoms with E-state index >= 15 is 0 Å². The molecule has 0 amide bonds. The highest BCUT2D eigenvalue weighted by atomic mass is 127. The molecule has 2 fully saturated rings. The maximum atomic E-state index is 5.52. The molecule has 1 aliphatic carbocycles. The van der Waals surface area contributed by atoms with Crippen LogP contribution < -0.4 is 10.6 Å². The minimum absolute atomic E-state index is 0. The molecule has 0 aromatic rings. The minimum atomic E-state index is 0. The van der Waals surface area contributed by atoms with Crippen LogP contribution in [0.25, 0.3) is 0 Å². The Kier molecular flexibility index (Phi) is 12.1. The molecule has 2 rings (SSSR count). The van der Waals surface area contributed by atoms with E-state index in [9.17, 15) is 0 Å². The van der Waals surface area contributed by atoms with Crippen LogP contribution in [0.4, 0.5) is 0 Å². The Morgan fingerprint density at radius 3 is 2.54 bits per heavy atom. The number of aliphatic imine (C=N–C) groups is 1. The normalized spacial score (nSPS) is 20.5. The second kappa shape index (κ2) is 13.2. The summed E-state index contributed by atoms with van der Waals surface area (Å²) in [5.41, 5.74) is 0.419. The highest BCUT2D eigenvalue weighted by molar-refractivity contribution is 14.0. The first-order chi connectivity index (χ1) is 12.2. The third-order valence-electron chi connectivity index (χ3n) is 5.67. The Morgan fingerprint density at radius 1 is 1.19 bits per heavy atom. The molecule has 1 saturated carbocycles. The van der Waals surface area contributed by atoms with E-state index in [0.29, 0.717) is 5.41 Å². The zero-order chi connectivity index (χ0) is 18.0. The SMILES string of the molecule is CCNC(=NCC1(CCOCC)CC1)NCCCN1CCC(C)CC1.I. The Balaban J connectivity index is 0.00000338. The van der Waals surface area contributed by atoms with Gasteiger partial charge in [-0.25, -0.2) is 0 Å². The van der Waals surface area contributed by atoms with Gasteiger partial charge in [0.25, 0.3) is 0 Å². The number of piperidine rings is 1. The highest BCUT2D eigenvalue weighted by Gasteiger charge is 2.41. The average Bonchev–Trinajstić information content (AvgIpc) is 3.38. The van der Waals surface area contributed by atoms with Gasteiger partial charge in [-0.2, -0.15) is 0 Å². The Bertz CT molecular complexity index is 393. The van der Waals surface area contributed by atoms with Crippen LogP contribution in [0, 0.1) is 11.3 Å². The van der Waals surface area contributed by atoms with Crippen molar-refractivity contribution in [1.29, 1.82) is 0 Å². The molecule has 2 aliphatic rings. The molecule has 1 aliphatic heterocycles. The van der Waals surface area contributed by atoms with E-state index in [1.165, 1.54) is 51.7 Å². The van der Waals surface area contributed by atoms with E-state index in [0.717, 1.165) is 51.1 Å². The van der Waals surface area contributed by atoms with Crippen LogP contribution in [0.5, 0.6) is 0 Å². The fraction of sp³-hybridized carbons (Fsp3) is 0.950. The van der Waals surface area contributed by atoms with Crippen molar-refractivity contribution in [2.75, 3.05) is 52.5 Å². The molecule has 6 heteroatoms. The number of nitrogens with one attached hydrogen (secondary N) is 2. The van der Waals surface area contributed by atoms with Crippen molar-refractivity contribution >= 4 is 29.9 Å². The van der Waals surface area contributed by atoms with Gasteiger partial charge in [0.15, 0.2) is 5.96 Å². The van der Waals surface area contributed by atoms with E-state index in [2.05, 4.69) is 36.3 Å². The quantitative estimate of drug-likeness (QED) is 0.206. The zero-order valence-corrected chi connectivity index (χ0v) is 19.5. The summed E-state index contributed by atoms with van der Waals surface area (Å²) in [7, 11) is 0. The van der Waals surface area contributed by atoms with Crippen molar-refractivity contribution in [2.24, 2.45) is 16.3 Å². The summed E-state index contributed by atoms with van der Waals surface area (Å²) >= 11 is 0. The minimum Gasteiger partial charge on any atom is -0.382 e. The van der Waals surface area contributed by atoms with Crippen LogP contribution in [-0.2, 0) is 4.74 Å². The summed E-state index contributed by atoms with van der Waals surface area (Å²) in [6.07, 6.45) is 7.67. The lowest BCUT2D eigenvalue weighted by atomic mass is 9.99. The van der Waals surface area contributed by atoms with Crippen LogP contribution in [0.3, 0.4) is 0 Å². The molecule has 0 aromatic heterocycles. The number of rotatable bonds is 11. The van der Waals surface area contributed by atoms with Crippen molar-refractivity contribution in [2.45, 2.75) is 59.3 Å². The summed E-state index contributed by atoms with van der Waals surface area (Å²) in [5.74, 6) is 1.90. The third-order valence-corrected chi connectivity index (χ3v) is 5.67. The van der Waals surface area contributed by atoms with Gasteiger partial charge in [0.05, 0.1) is 0 Å². The highest BCUT2D eigenvalue weighted by Crippen LogP contribution is 2.48. The molecule has 26 heavy (non-hydrogen) atoms. The van der Waals surface area contributed by atoms with Gasteiger partial charge in [0.2, 0.25) is 0 Å². The second-order valence-electron chi connectivity index (χ2n) is 7.95. The molecular weight excluding hydrogens is 439 g/mol. The van der Waals surface area contributed by atoms with Crippen molar-refractivity contribution in [3.8, 4) is 0 Å². The van der Waals surface area contributed by atoms with Gasteiger partial charge in [-0.3, -0.25) is 4.99 Å². The number of halogens is 1. The zero-order valence-electron chi connectivity index (χ0n) is 17.2. The maximum Gasteiger partial charge on any atom is 0.191 e. The Morgan fingerprint density at radius 2 is 1.92 bits per heavy atom. The third kappa shape index (κ3) is 9.22. The lowest BCUT2D eigenvalue weighted by Crippen LogP contribution is -2.40. The molecule has 5 nitrogen and oxygen atoms in total. The van der Waals surface area contributed by atoms with Gasteiger partial charge in [0.1, 0.15) is 0 Å². The predicted molar refractivity (Wildman–Crippen MR) is 122 cm³/mol. The number of likely N-dealkylation sites (tertiary alicyclic amines) is 1. The topological polar surface area (TPSA) is 48.9 Å². The Labute approximate surface area is 178 Å². The standard InChI is InChI=1S/C20H40N4O.HI/c1-4-21-19(23-17-20(9-10-20)11-16-25-5-2)22-12-6-13-24-14-7-18(3)8-15-24;/h18H,4-17H2,1-3H3,(H2,21,22,23);1H. The van der Waals surface area contributed by atoms with E-state index < -0.39 is 0 Å². The van der Waals surface area contributed by atoms with E-state index in [-0.39, 0.29) is 24.0 Å². The van der Waals surface area contributed by atoms with Crippen molar-refractivity contribution < 1.29 is 4.74 Å². The van der Waals surface area contributed by atoms with Crippen LogP contribution in [0.15, 0.2) is 4.99 Å². The summed E-state index contributed by atoms with van der Waals surface area (Å²) in [6, 6.07) is 0. The monoisotopic (exact) mass is 480 g/mol. The smallest absolute Gasteiger partial charge is 0.191 e. The number of hydrogen-bond acceptors (Lipinski definition) is 3. The lowest BCUT2D eigenvalue weighted by molar-refractivity contribution is 0.129. The first-order valence-electron chi connectivity index (χ1n) is 10.5. The van der Waals surface area contributed by atoms with Crippen LogP contribution in [-0.4, -0.2) is 63.3 Å². The molecule has 0 radical (unpaired) electrons. The average molecular weight is 480 g/mol. The fourth-order valence-corrected chi connectivity index (χ4v) is 3.48. The largest absolute Gasteiger partial charge is 0.382 e. The second-order valence-corrected chi connectivity index (χ2v) is 7.95. The number of guanidine groups is 1. The Hall–Kier alpha value is -0.0800. The van der Waals surface area contributed by atoms with Crippen LogP contribution in [0.2, 0.25) is 0 Å². The summed E-state index contributed by atoms with van der Waals surface area (Å²) in [4.78, 5) is 7.46. The summed E-state index contributed by atoms with van der Waals surface area (Å²) in [6.45, 7) is 14.9. The van der Waals surface area contributed by atoms with Crippen molar-refractivity contribution in [3.63, 3.8) is 0 Å². The molecule has 0 bridgehead atoms. The molecule has 1 saturated heterocycles. The summed E-state index contributed by atoms with van der Waals surface area (Å²) in [5, 5.41) is 6.91. The first-order valence-corrected chi connectivity index (χ1v) is 10.5. The maximum absolute atomic E-state index is 5.52. The van der Waals surface area contributed by atoms with Gasteiger partial charge in [-0.1, -0.05) is 6.92 Å². The lowest BCUT2D eigenvalue weighted by Gasteiger charge is -2.30. The van der Waals surface area contributed by atoms with Crippen molar-refractivity contribution in [3.05, 3.63) is 0 Å².